The quantitative estimate of drug-likeness (QED) is 0.551. The van der Waals surface area contributed by atoms with Crippen molar-refractivity contribution in [3.8, 4) is 0 Å². The number of amides is 1. The molecule has 0 aliphatic heterocycles. The van der Waals surface area contributed by atoms with Crippen LogP contribution in [0.15, 0.2) is 24.4 Å². The number of nitro benzene ring substituents is 1. The number of H-pyrrole nitrogens is 1. The van der Waals surface area contributed by atoms with Crippen molar-refractivity contribution in [2.75, 3.05) is 0 Å². The van der Waals surface area contributed by atoms with Crippen molar-refractivity contribution in [2.45, 2.75) is 25.3 Å². The van der Waals surface area contributed by atoms with Crippen molar-refractivity contribution >= 4 is 28.5 Å². The van der Waals surface area contributed by atoms with Gasteiger partial charge in [0.25, 0.3) is 5.69 Å². The minimum atomic E-state index is -1.03. The molecule has 0 radical (unpaired) electrons. The zero-order valence-electron chi connectivity index (χ0n) is 12.1. The first kappa shape index (κ1) is 15.0. The molecule has 8 nitrogen and oxygen atoms in total. The van der Waals surface area contributed by atoms with Gasteiger partial charge in [0.05, 0.1) is 11.3 Å². The molecule has 1 fully saturated rings. The van der Waals surface area contributed by atoms with Gasteiger partial charge in [-0.2, -0.15) is 0 Å². The van der Waals surface area contributed by atoms with E-state index >= 15 is 0 Å². The Morgan fingerprint density at radius 3 is 2.78 bits per heavy atom. The molecule has 1 aliphatic carbocycles. The predicted octanol–water partition coefficient (Wildman–Crippen LogP) is 1.60. The van der Waals surface area contributed by atoms with Crippen molar-refractivity contribution in [1.29, 1.82) is 0 Å². The highest BCUT2D eigenvalue weighted by atomic mass is 16.6. The number of fused-ring (bicyclic) bond motifs is 1. The van der Waals surface area contributed by atoms with Crippen molar-refractivity contribution in [3.63, 3.8) is 0 Å². The third-order valence-corrected chi connectivity index (χ3v) is 3.99. The molecule has 120 valence electrons. The molecule has 1 heterocycles. The fraction of sp³-hybridized carbons (Fsp3) is 0.333. The van der Waals surface area contributed by atoms with Gasteiger partial charge in [0.2, 0.25) is 5.91 Å². The van der Waals surface area contributed by atoms with Gasteiger partial charge in [-0.25, -0.2) is 4.79 Å². The molecule has 2 aromatic rings. The van der Waals surface area contributed by atoms with E-state index in [1.165, 1.54) is 12.1 Å². The lowest BCUT2D eigenvalue weighted by Gasteiger charge is -2.13. The summed E-state index contributed by atoms with van der Waals surface area (Å²) in [6, 6.07) is 3.52. The number of hydrogen-bond acceptors (Lipinski definition) is 4. The van der Waals surface area contributed by atoms with Crippen molar-refractivity contribution in [3.05, 3.63) is 40.1 Å². The number of nitrogens with one attached hydrogen (secondary N) is 2. The summed E-state index contributed by atoms with van der Waals surface area (Å²) in [5.41, 5.74) is 1.23. The molecule has 1 aliphatic rings. The third-order valence-electron chi connectivity index (χ3n) is 3.99. The monoisotopic (exact) mass is 317 g/mol. The highest BCUT2D eigenvalue weighted by molar-refractivity contribution is 5.91. The Labute approximate surface area is 130 Å². The molecule has 8 heteroatoms. The predicted molar refractivity (Wildman–Crippen MR) is 80.9 cm³/mol. The molecule has 0 saturated heterocycles. The zero-order valence-corrected chi connectivity index (χ0v) is 12.1. The lowest BCUT2D eigenvalue weighted by Crippen LogP contribution is -2.43. The van der Waals surface area contributed by atoms with E-state index in [0.29, 0.717) is 16.5 Å². The van der Waals surface area contributed by atoms with Gasteiger partial charge in [0.15, 0.2) is 0 Å². The van der Waals surface area contributed by atoms with E-state index in [-0.39, 0.29) is 18.0 Å². The summed E-state index contributed by atoms with van der Waals surface area (Å²) in [4.78, 5) is 36.6. The second-order valence-corrected chi connectivity index (χ2v) is 5.70. The molecule has 1 atom stereocenters. The van der Waals surface area contributed by atoms with Crippen LogP contribution in [-0.4, -0.2) is 32.9 Å². The fourth-order valence-electron chi connectivity index (χ4n) is 2.63. The molecule has 0 bridgehead atoms. The Morgan fingerprint density at radius 1 is 1.43 bits per heavy atom. The zero-order chi connectivity index (χ0) is 16.6. The Morgan fingerprint density at radius 2 is 2.17 bits per heavy atom. The highest BCUT2D eigenvalue weighted by Gasteiger charge is 2.37. The first-order chi connectivity index (χ1) is 11.0. The first-order valence-corrected chi connectivity index (χ1v) is 7.22. The number of benzene rings is 1. The standard InChI is InChI=1S/C15H15N3O5/c19-13(17-14(15(20)21)8-1-2-8)5-9-7-16-12-4-3-10(18(22)23)6-11(9)12/h3-4,6-8,14,16H,1-2,5H2,(H,17,19)(H,20,21). The van der Waals surface area contributed by atoms with Gasteiger partial charge in [0.1, 0.15) is 6.04 Å². The Balaban J connectivity index is 1.77. The molecular weight excluding hydrogens is 302 g/mol. The molecule has 1 amide bonds. The number of aromatic amines is 1. The van der Waals surface area contributed by atoms with Crippen LogP contribution in [-0.2, 0) is 16.0 Å². The van der Waals surface area contributed by atoms with E-state index in [9.17, 15) is 19.7 Å². The van der Waals surface area contributed by atoms with Gasteiger partial charge in [-0.05, 0) is 30.4 Å². The van der Waals surface area contributed by atoms with Crippen LogP contribution in [0.2, 0.25) is 0 Å². The van der Waals surface area contributed by atoms with Crippen LogP contribution in [0.4, 0.5) is 5.69 Å². The number of carbonyl (C=O) groups excluding carboxylic acids is 1. The summed E-state index contributed by atoms with van der Waals surface area (Å²) in [5.74, 6) is -1.44. The minimum Gasteiger partial charge on any atom is -0.480 e. The van der Waals surface area contributed by atoms with E-state index in [4.69, 9.17) is 5.11 Å². The van der Waals surface area contributed by atoms with Crippen LogP contribution in [0.1, 0.15) is 18.4 Å². The van der Waals surface area contributed by atoms with Gasteiger partial charge in [-0.15, -0.1) is 0 Å². The van der Waals surface area contributed by atoms with Gasteiger partial charge < -0.3 is 15.4 Å². The molecule has 1 aromatic carbocycles. The summed E-state index contributed by atoms with van der Waals surface area (Å²) < 4.78 is 0. The van der Waals surface area contributed by atoms with Gasteiger partial charge in [-0.1, -0.05) is 0 Å². The van der Waals surface area contributed by atoms with Gasteiger partial charge >= 0.3 is 5.97 Å². The summed E-state index contributed by atoms with van der Waals surface area (Å²) in [7, 11) is 0. The van der Waals surface area contributed by atoms with Crippen LogP contribution in [0.25, 0.3) is 10.9 Å². The largest absolute Gasteiger partial charge is 0.480 e. The normalized spacial score (nSPS) is 15.3. The van der Waals surface area contributed by atoms with Gasteiger partial charge in [0, 0.05) is 29.2 Å². The van der Waals surface area contributed by atoms with Crippen LogP contribution in [0, 0.1) is 16.0 Å². The van der Waals surface area contributed by atoms with E-state index in [1.807, 2.05) is 0 Å². The number of aliphatic carboxylic acids is 1. The van der Waals surface area contributed by atoms with E-state index < -0.39 is 22.8 Å². The van der Waals surface area contributed by atoms with Crippen LogP contribution >= 0.6 is 0 Å². The SMILES string of the molecule is O=C(Cc1c[nH]c2ccc([N+](=O)[O-])cc12)NC(C(=O)O)C1CC1. The molecule has 1 saturated carbocycles. The first-order valence-electron chi connectivity index (χ1n) is 7.22. The molecule has 3 rings (SSSR count). The topological polar surface area (TPSA) is 125 Å². The Hall–Kier alpha value is -2.90. The smallest absolute Gasteiger partial charge is 0.326 e. The summed E-state index contributed by atoms with van der Waals surface area (Å²) >= 11 is 0. The van der Waals surface area contributed by atoms with Crippen molar-refractivity contribution in [1.82, 2.24) is 10.3 Å². The van der Waals surface area contributed by atoms with E-state index in [2.05, 4.69) is 10.3 Å². The number of non-ortho nitro benzene ring substituents is 1. The molecular formula is C15H15N3O5. The number of carboxylic acids is 1. The van der Waals surface area contributed by atoms with Crippen LogP contribution < -0.4 is 5.32 Å². The summed E-state index contributed by atoms with van der Waals surface area (Å²) in [6.07, 6.45) is 3.19. The van der Waals surface area contributed by atoms with Crippen LogP contribution in [0.5, 0.6) is 0 Å². The summed E-state index contributed by atoms with van der Waals surface area (Å²) in [5, 5.41) is 23.1. The van der Waals surface area contributed by atoms with Crippen LogP contribution in [0.3, 0.4) is 0 Å². The maximum absolute atomic E-state index is 12.1. The maximum atomic E-state index is 12.1. The Bertz CT molecular complexity index is 794. The number of carbonyl (C=O) groups is 2. The Kier molecular flexibility index (Phi) is 3.73. The third kappa shape index (κ3) is 3.15. The number of aromatic nitrogens is 1. The van der Waals surface area contributed by atoms with Gasteiger partial charge in [-0.3, -0.25) is 14.9 Å². The number of nitro groups is 1. The average molecular weight is 317 g/mol. The second kappa shape index (κ2) is 5.71. The molecule has 3 N–H and O–H groups in total. The lowest BCUT2D eigenvalue weighted by atomic mass is 10.1. The number of hydrogen-bond donors (Lipinski definition) is 3. The number of nitrogens with zero attached hydrogens (tertiary/aromatic N) is 1. The number of carboxylic acid groups (broad SMARTS) is 1. The molecule has 0 spiro atoms. The second-order valence-electron chi connectivity index (χ2n) is 5.70. The molecule has 1 unspecified atom stereocenters. The average Bonchev–Trinajstić information content (AvgIpc) is 3.26. The minimum absolute atomic E-state index is 0.000469. The lowest BCUT2D eigenvalue weighted by molar-refractivity contribution is -0.384. The van der Waals surface area contributed by atoms with E-state index in [0.717, 1.165) is 12.8 Å². The highest BCUT2D eigenvalue weighted by Crippen LogP contribution is 2.33. The van der Waals surface area contributed by atoms with E-state index in [1.54, 1.807) is 12.3 Å². The van der Waals surface area contributed by atoms with Crippen molar-refractivity contribution < 1.29 is 19.6 Å². The molecule has 23 heavy (non-hydrogen) atoms. The fourth-order valence-corrected chi connectivity index (χ4v) is 2.63. The maximum Gasteiger partial charge on any atom is 0.326 e. The summed E-state index contributed by atoms with van der Waals surface area (Å²) in [6.45, 7) is 0. The molecule has 1 aromatic heterocycles. The van der Waals surface area contributed by atoms with Crippen molar-refractivity contribution in [2.24, 2.45) is 5.92 Å². The number of rotatable bonds is 6.